The lowest BCUT2D eigenvalue weighted by Crippen LogP contribution is -2.28. The number of nitrogens with one attached hydrogen (secondary N) is 1. The molecule has 2 N–H and O–H groups in total. The SMILES string of the molecule is CC[C@@H](C)CN[C@H](CO)c1ccccc1. The zero-order valence-electron chi connectivity index (χ0n) is 9.61. The Morgan fingerprint density at radius 3 is 2.47 bits per heavy atom. The Balaban J connectivity index is 2.50. The molecule has 0 heterocycles. The van der Waals surface area contributed by atoms with E-state index < -0.39 is 0 Å². The predicted molar refractivity (Wildman–Crippen MR) is 63.7 cm³/mol. The number of hydrogen-bond acceptors (Lipinski definition) is 2. The second-order valence-corrected chi connectivity index (χ2v) is 4.07. The van der Waals surface area contributed by atoms with E-state index in [9.17, 15) is 5.11 Å². The number of aliphatic hydroxyl groups is 1. The van der Waals surface area contributed by atoms with Crippen molar-refractivity contribution in [2.45, 2.75) is 26.3 Å². The number of benzene rings is 1. The quantitative estimate of drug-likeness (QED) is 0.750. The molecule has 0 bridgehead atoms. The smallest absolute Gasteiger partial charge is 0.0626 e. The molecule has 15 heavy (non-hydrogen) atoms. The van der Waals surface area contributed by atoms with Crippen molar-refractivity contribution in [2.75, 3.05) is 13.2 Å². The van der Waals surface area contributed by atoms with E-state index in [4.69, 9.17) is 0 Å². The minimum absolute atomic E-state index is 0.0696. The molecular weight excluding hydrogens is 186 g/mol. The highest BCUT2D eigenvalue weighted by molar-refractivity contribution is 5.18. The maximum Gasteiger partial charge on any atom is 0.0626 e. The third-order valence-corrected chi connectivity index (χ3v) is 2.79. The van der Waals surface area contributed by atoms with Gasteiger partial charge < -0.3 is 10.4 Å². The van der Waals surface area contributed by atoms with Crippen LogP contribution in [0.3, 0.4) is 0 Å². The maximum atomic E-state index is 9.30. The average molecular weight is 207 g/mol. The highest BCUT2D eigenvalue weighted by Crippen LogP contribution is 2.12. The topological polar surface area (TPSA) is 32.3 Å². The van der Waals surface area contributed by atoms with Gasteiger partial charge in [-0.1, -0.05) is 50.6 Å². The van der Waals surface area contributed by atoms with E-state index in [0.29, 0.717) is 5.92 Å². The molecule has 0 spiro atoms. The zero-order chi connectivity index (χ0) is 11.1. The van der Waals surface area contributed by atoms with Crippen LogP contribution in [0.4, 0.5) is 0 Å². The van der Waals surface area contributed by atoms with Gasteiger partial charge in [0.1, 0.15) is 0 Å². The van der Waals surface area contributed by atoms with Gasteiger partial charge in [0.25, 0.3) is 0 Å². The van der Waals surface area contributed by atoms with Crippen LogP contribution in [-0.4, -0.2) is 18.3 Å². The summed E-state index contributed by atoms with van der Waals surface area (Å²) < 4.78 is 0. The Morgan fingerprint density at radius 1 is 1.27 bits per heavy atom. The Labute approximate surface area is 92.3 Å². The van der Waals surface area contributed by atoms with Crippen LogP contribution in [-0.2, 0) is 0 Å². The maximum absolute atomic E-state index is 9.30. The molecule has 1 aromatic carbocycles. The van der Waals surface area contributed by atoms with Crippen LogP contribution in [0.1, 0.15) is 31.9 Å². The molecule has 0 saturated heterocycles. The third-order valence-electron chi connectivity index (χ3n) is 2.79. The molecule has 84 valence electrons. The van der Waals surface area contributed by atoms with Gasteiger partial charge in [-0.05, 0) is 18.0 Å². The van der Waals surface area contributed by atoms with Crippen LogP contribution in [0.25, 0.3) is 0 Å². The van der Waals surface area contributed by atoms with E-state index >= 15 is 0 Å². The lowest BCUT2D eigenvalue weighted by molar-refractivity contribution is 0.239. The van der Waals surface area contributed by atoms with E-state index in [1.165, 1.54) is 6.42 Å². The molecule has 0 aliphatic carbocycles. The second kappa shape index (κ2) is 6.59. The highest BCUT2D eigenvalue weighted by atomic mass is 16.3. The van der Waals surface area contributed by atoms with Crippen molar-refractivity contribution < 1.29 is 5.11 Å². The molecule has 0 saturated carbocycles. The van der Waals surface area contributed by atoms with Gasteiger partial charge in [-0.3, -0.25) is 0 Å². The monoisotopic (exact) mass is 207 g/mol. The summed E-state index contributed by atoms with van der Waals surface area (Å²) in [6.07, 6.45) is 1.17. The van der Waals surface area contributed by atoms with Crippen LogP contribution in [0, 0.1) is 5.92 Å². The molecule has 2 heteroatoms. The van der Waals surface area contributed by atoms with Crippen molar-refractivity contribution in [3.8, 4) is 0 Å². The predicted octanol–water partition coefficient (Wildman–Crippen LogP) is 2.36. The molecule has 2 nitrogen and oxygen atoms in total. The van der Waals surface area contributed by atoms with Crippen molar-refractivity contribution in [3.63, 3.8) is 0 Å². The van der Waals surface area contributed by atoms with Crippen molar-refractivity contribution in [1.82, 2.24) is 5.32 Å². The summed E-state index contributed by atoms with van der Waals surface area (Å²) in [5.41, 5.74) is 1.16. The van der Waals surface area contributed by atoms with Crippen molar-refractivity contribution in [3.05, 3.63) is 35.9 Å². The lowest BCUT2D eigenvalue weighted by Gasteiger charge is -2.19. The molecule has 0 aliphatic rings. The van der Waals surface area contributed by atoms with Gasteiger partial charge in [0.2, 0.25) is 0 Å². The Bertz CT molecular complexity index is 260. The van der Waals surface area contributed by atoms with Gasteiger partial charge in [-0.15, -0.1) is 0 Å². The van der Waals surface area contributed by atoms with Crippen LogP contribution < -0.4 is 5.32 Å². The second-order valence-electron chi connectivity index (χ2n) is 4.07. The molecule has 2 atom stereocenters. The third kappa shape index (κ3) is 4.02. The molecule has 0 unspecified atom stereocenters. The van der Waals surface area contributed by atoms with Gasteiger partial charge in [0.15, 0.2) is 0 Å². The standard InChI is InChI=1S/C13H21NO/c1-3-11(2)9-14-13(10-15)12-7-5-4-6-8-12/h4-8,11,13-15H,3,9-10H2,1-2H3/t11-,13-/m1/s1. The molecular formula is C13H21NO. The number of aliphatic hydroxyl groups excluding tert-OH is 1. The van der Waals surface area contributed by atoms with Gasteiger partial charge in [-0.25, -0.2) is 0 Å². The molecule has 1 rings (SSSR count). The van der Waals surface area contributed by atoms with Crippen molar-refractivity contribution in [1.29, 1.82) is 0 Å². The fraction of sp³-hybridized carbons (Fsp3) is 0.538. The van der Waals surface area contributed by atoms with Crippen molar-refractivity contribution >= 4 is 0 Å². The minimum atomic E-state index is 0.0696. The molecule has 0 amide bonds. The minimum Gasteiger partial charge on any atom is -0.394 e. The molecule has 1 aromatic rings. The number of hydrogen-bond donors (Lipinski definition) is 2. The van der Waals surface area contributed by atoms with Gasteiger partial charge >= 0.3 is 0 Å². The normalized spacial score (nSPS) is 14.9. The van der Waals surface area contributed by atoms with E-state index in [1.54, 1.807) is 0 Å². The van der Waals surface area contributed by atoms with E-state index in [0.717, 1.165) is 12.1 Å². The highest BCUT2D eigenvalue weighted by Gasteiger charge is 2.09. The lowest BCUT2D eigenvalue weighted by atomic mass is 10.1. The Morgan fingerprint density at radius 2 is 1.93 bits per heavy atom. The Kier molecular flexibility index (Phi) is 5.37. The summed E-state index contributed by atoms with van der Waals surface area (Å²) in [4.78, 5) is 0. The summed E-state index contributed by atoms with van der Waals surface area (Å²) in [5, 5.41) is 12.7. The summed E-state index contributed by atoms with van der Waals surface area (Å²) in [5.74, 6) is 0.655. The summed E-state index contributed by atoms with van der Waals surface area (Å²) in [6.45, 7) is 5.51. The Hall–Kier alpha value is -0.860. The van der Waals surface area contributed by atoms with Crippen LogP contribution in [0.5, 0.6) is 0 Å². The molecule has 0 radical (unpaired) electrons. The summed E-state index contributed by atoms with van der Waals surface area (Å²) in [7, 11) is 0. The van der Waals surface area contributed by atoms with E-state index in [2.05, 4.69) is 19.2 Å². The average Bonchev–Trinajstić information content (AvgIpc) is 2.31. The van der Waals surface area contributed by atoms with E-state index in [-0.39, 0.29) is 12.6 Å². The molecule has 0 fully saturated rings. The van der Waals surface area contributed by atoms with Crippen LogP contribution >= 0.6 is 0 Å². The summed E-state index contributed by atoms with van der Waals surface area (Å²) in [6, 6.07) is 10.2. The molecule has 0 aromatic heterocycles. The van der Waals surface area contributed by atoms with E-state index in [1.807, 2.05) is 30.3 Å². The van der Waals surface area contributed by atoms with Crippen LogP contribution in [0.15, 0.2) is 30.3 Å². The van der Waals surface area contributed by atoms with Crippen molar-refractivity contribution in [2.24, 2.45) is 5.92 Å². The largest absolute Gasteiger partial charge is 0.394 e. The van der Waals surface area contributed by atoms with Gasteiger partial charge in [-0.2, -0.15) is 0 Å². The fourth-order valence-electron chi connectivity index (χ4n) is 1.46. The summed E-state index contributed by atoms with van der Waals surface area (Å²) >= 11 is 0. The van der Waals surface area contributed by atoms with Crippen LogP contribution in [0.2, 0.25) is 0 Å². The first-order valence-corrected chi connectivity index (χ1v) is 5.67. The first-order chi connectivity index (χ1) is 7.27. The fourth-order valence-corrected chi connectivity index (χ4v) is 1.46. The van der Waals surface area contributed by atoms with Gasteiger partial charge in [0.05, 0.1) is 12.6 Å². The first-order valence-electron chi connectivity index (χ1n) is 5.67. The number of rotatable bonds is 6. The molecule has 0 aliphatic heterocycles. The zero-order valence-corrected chi connectivity index (χ0v) is 9.61. The van der Waals surface area contributed by atoms with Gasteiger partial charge in [0, 0.05) is 0 Å². The first kappa shape index (κ1) is 12.2.